The summed E-state index contributed by atoms with van der Waals surface area (Å²) in [4.78, 5) is 23.3. The first-order valence-corrected chi connectivity index (χ1v) is 8.31. The summed E-state index contributed by atoms with van der Waals surface area (Å²) in [6.45, 7) is 1.83. The van der Waals surface area contributed by atoms with Gasteiger partial charge >= 0.3 is 5.97 Å². The van der Waals surface area contributed by atoms with Crippen molar-refractivity contribution in [3.63, 3.8) is 0 Å². The monoisotopic (exact) mass is 422 g/mol. The molecule has 130 valence electrons. The molecule has 0 unspecified atom stereocenters. The van der Waals surface area contributed by atoms with Crippen LogP contribution in [0.4, 0.5) is 5.69 Å². The fourth-order valence-corrected chi connectivity index (χ4v) is 2.98. The normalized spacial score (nSPS) is 10.0. The first-order chi connectivity index (χ1) is 11.8. The average Bonchev–Trinajstić information content (AvgIpc) is 2.54. The molecule has 2 aromatic carbocycles. The molecule has 1 amide bonds. The van der Waals surface area contributed by atoms with Gasteiger partial charge in [-0.1, -0.05) is 15.9 Å². The summed E-state index contributed by atoms with van der Waals surface area (Å²) < 4.78 is 6.04. The minimum atomic E-state index is -1.01. The summed E-state index contributed by atoms with van der Waals surface area (Å²) >= 11 is 8.48. The van der Waals surface area contributed by atoms with E-state index >= 15 is 0 Å². The number of hydrogen-bond donors (Lipinski definition) is 3. The summed E-state index contributed by atoms with van der Waals surface area (Å²) in [6, 6.07) is 9.49. The number of aryl methyl sites for hydroxylation is 1. The molecule has 2 aromatic rings. The fraction of sp³-hybridized carbons (Fsp3) is 0.118. The van der Waals surface area contributed by atoms with Crippen molar-refractivity contribution in [2.24, 2.45) is 0 Å². The van der Waals surface area contributed by atoms with Gasteiger partial charge in [-0.2, -0.15) is 0 Å². The summed E-state index contributed by atoms with van der Waals surface area (Å²) in [7, 11) is 1.49. The molecule has 0 saturated heterocycles. The van der Waals surface area contributed by atoms with Gasteiger partial charge in [-0.25, -0.2) is 4.79 Å². The molecular weight excluding hydrogens is 408 g/mol. The molecule has 0 radical (unpaired) electrons. The molecule has 0 bridgehead atoms. The van der Waals surface area contributed by atoms with E-state index in [2.05, 4.69) is 26.6 Å². The number of aromatic carboxylic acids is 1. The molecule has 25 heavy (non-hydrogen) atoms. The number of carbonyl (C=O) groups excluding carboxylic acids is 1. The first-order valence-electron chi connectivity index (χ1n) is 7.11. The number of anilines is 1. The molecule has 0 heterocycles. The Bertz CT molecular complexity index is 837. The highest BCUT2D eigenvalue weighted by Crippen LogP contribution is 2.27. The minimum absolute atomic E-state index is 0.0905. The molecule has 6 nitrogen and oxygen atoms in total. The zero-order valence-electron chi connectivity index (χ0n) is 13.4. The topological polar surface area (TPSA) is 87.7 Å². The van der Waals surface area contributed by atoms with Gasteiger partial charge in [-0.15, -0.1) is 0 Å². The average molecular weight is 423 g/mol. The Balaban J connectivity index is 2.10. The highest BCUT2D eigenvalue weighted by molar-refractivity contribution is 9.10. The highest BCUT2D eigenvalue weighted by Gasteiger charge is 2.16. The molecule has 0 aliphatic rings. The number of halogens is 1. The lowest BCUT2D eigenvalue weighted by atomic mass is 10.1. The number of nitrogens with one attached hydrogen (secondary N) is 2. The standard InChI is InChI=1S/C17H15BrN2O4S/c1-9-7-11(18)8-13(14(9)24-2)15(21)20-17(25)19-12-5-3-10(4-6-12)16(22)23/h3-8H,1-2H3,(H,22,23)(H2,19,20,21,25). The third-order valence-corrected chi connectivity index (χ3v) is 3.97. The number of thiocarbonyl (C=S) groups is 1. The predicted octanol–water partition coefficient (Wildman–Crippen LogP) is 3.59. The molecule has 0 spiro atoms. The molecule has 0 aliphatic carbocycles. The van der Waals surface area contributed by atoms with Gasteiger partial charge in [0.2, 0.25) is 0 Å². The van der Waals surface area contributed by atoms with Crippen LogP contribution in [0.2, 0.25) is 0 Å². The number of hydrogen-bond acceptors (Lipinski definition) is 4. The lowest BCUT2D eigenvalue weighted by Gasteiger charge is -2.14. The predicted molar refractivity (Wildman–Crippen MR) is 103 cm³/mol. The van der Waals surface area contributed by atoms with Gasteiger partial charge in [-0.05, 0) is 61.1 Å². The number of benzene rings is 2. The zero-order chi connectivity index (χ0) is 18.6. The van der Waals surface area contributed by atoms with E-state index < -0.39 is 11.9 Å². The lowest BCUT2D eigenvalue weighted by molar-refractivity contribution is 0.0696. The van der Waals surface area contributed by atoms with Crippen molar-refractivity contribution >= 4 is 50.8 Å². The van der Waals surface area contributed by atoms with Crippen molar-refractivity contribution in [2.75, 3.05) is 12.4 Å². The molecule has 0 fully saturated rings. The van der Waals surface area contributed by atoms with Gasteiger partial charge in [0.1, 0.15) is 5.75 Å². The quantitative estimate of drug-likeness (QED) is 0.652. The maximum atomic E-state index is 12.5. The van der Waals surface area contributed by atoms with Crippen LogP contribution in [-0.4, -0.2) is 29.2 Å². The van der Waals surface area contributed by atoms with Crippen LogP contribution >= 0.6 is 28.1 Å². The molecule has 0 atom stereocenters. The minimum Gasteiger partial charge on any atom is -0.496 e. The molecular formula is C17H15BrN2O4S. The van der Waals surface area contributed by atoms with E-state index in [1.54, 1.807) is 18.2 Å². The number of carbonyl (C=O) groups is 2. The van der Waals surface area contributed by atoms with Gasteiger partial charge in [0.25, 0.3) is 5.91 Å². The van der Waals surface area contributed by atoms with Crippen molar-refractivity contribution in [1.29, 1.82) is 0 Å². The van der Waals surface area contributed by atoms with Crippen molar-refractivity contribution < 1.29 is 19.4 Å². The van der Waals surface area contributed by atoms with Gasteiger partial charge in [-0.3, -0.25) is 10.1 Å². The van der Waals surface area contributed by atoms with Gasteiger partial charge in [0, 0.05) is 10.2 Å². The Morgan fingerprint density at radius 3 is 2.40 bits per heavy atom. The van der Waals surface area contributed by atoms with Crippen molar-refractivity contribution in [3.8, 4) is 5.75 Å². The van der Waals surface area contributed by atoms with Crippen LogP contribution in [0, 0.1) is 6.92 Å². The Kier molecular flexibility index (Phi) is 6.11. The zero-order valence-corrected chi connectivity index (χ0v) is 15.8. The summed E-state index contributed by atoms with van der Waals surface area (Å²) in [5, 5.41) is 14.4. The largest absolute Gasteiger partial charge is 0.496 e. The summed E-state index contributed by atoms with van der Waals surface area (Å²) in [5.41, 5.74) is 1.88. The highest BCUT2D eigenvalue weighted by atomic mass is 79.9. The van der Waals surface area contributed by atoms with E-state index in [0.717, 1.165) is 10.0 Å². The van der Waals surface area contributed by atoms with E-state index in [1.807, 2.05) is 13.0 Å². The Labute approximate surface area is 158 Å². The second-order valence-electron chi connectivity index (χ2n) is 5.09. The van der Waals surface area contributed by atoms with Gasteiger partial charge < -0.3 is 15.2 Å². The molecule has 8 heteroatoms. The van der Waals surface area contributed by atoms with Crippen LogP contribution in [0.15, 0.2) is 40.9 Å². The van der Waals surface area contributed by atoms with Crippen LogP contribution in [0.1, 0.15) is 26.3 Å². The number of ether oxygens (including phenoxy) is 1. The smallest absolute Gasteiger partial charge is 0.335 e. The number of amides is 1. The van der Waals surface area contributed by atoms with Crippen LogP contribution < -0.4 is 15.4 Å². The Morgan fingerprint density at radius 1 is 1.20 bits per heavy atom. The third-order valence-electron chi connectivity index (χ3n) is 3.30. The van der Waals surface area contributed by atoms with Crippen LogP contribution in [0.3, 0.4) is 0 Å². The van der Waals surface area contributed by atoms with Crippen LogP contribution in [-0.2, 0) is 0 Å². The molecule has 0 saturated carbocycles. The maximum Gasteiger partial charge on any atom is 0.335 e. The maximum absolute atomic E-state index is 12.5. The van der Waals surface area contributed by atoms with Gasteiger partial charge in [0.05, 0.1) is 18.2 Å². The first kappa shape index (κ1) is 18.9. The van der Waals surface area contributed by atoms with E-state index in [1.165, 1.54) is 19.2 Å². The van der Waals surface area contributed by atoms with Crippen LogP contribution in [0.5, 0.6) is 5.75 Å². The van der Waals surface area contributed by atoms with Crippen molar-refractivity contribution in [3.05, 3.63) is 57.6 Å². The van der Waals surface area contributed by atoms with E-state index in [9.17, 15) is 9.59 Å². The van der Waals surface area contributed by atoms with Crippen LogP contribution in [0.25, 0.3) is 0 Å². The summed E-state index contributed by atoms with van der Waals surface area (Å²) in [6.07, 6.45) is 0. The fourth-order valence-electron chi connectivity index (χ4n) is 2.20. The number of rotatable bonds is 4. The van der Waals surface area contributed by atoms with Gasteiger partial charge in [0.15, 0.2) is 5.11 Å². The number of methoxy groups -OCH3 is 1. The SMILES string of the molecule is COc1c(C)cc(Br)cc1C(=O)NC(=S)Nc1ccc(C(=O)O)cc1. The van der Waals surface area contributed by atoms with E-state index in [0.29, 0.717) is 17.0 Å². The van der Waals surface area contributed by atoms with E-state index in [-0.39, 0.29) is 10.7 Å². The van der Waals surface area contributed by atoms with Crippen molar-refractivity contribution in [2.45, 2.75) is 6.92 Å². The lowest BCUT2D eigenvalue weighted by Crippen LogP contribution is -2.34. The second kappa shape index (κ2) is 8.09. The third kappa shape index (κ3) is 4.77. The molecule has 0 aromatic heterocycles. The Morgan fingerprint density at radius 2 is 1.84 bits per heavy atom. The molecule has 0 aliphatic heterocycles. The molecule has 3 N–H and O–H groups in total. The van der Waals surface area contributed by atoms with E-state index in [4.69, 9.17) is 22.1 Å². The number of carboxylic acid groups (broad SMARTS) is 1. The number of carboxylic acids is 1. The molecule has 2 rings (SSSR count). The summed E-state index contributed by atoms with van der Waals surface area (Å²) in [5.74, 6) is -0.963. The second-order valence-corrected chi connectivity index (χ2v) is 6.42. The Hall–Kier alpha value is -2.45. The van der Waals surface area contributed by atoms with Crippen molar-refractivity contribution in [1.82, 2.24) is 5.32 Å².